The summed E-state index contributed by atoms with van der Waals surface area (Å²) in [6.07, 6.45) is 1.63. The molecule has 0 bridgehead atoms. The van der Waals surface area contributed by atoms with Gasteiger partial charge >= 0.3 is 6.01 Å². The van der Waals surface area contributed by atoms with Gasteiger partial charge in [-0.2, -0.15) is 0 Å². The minimum absolute atomic E-state index is 0.0500. The summed E-state index contributed by atoms with van der Waals surface area (Å²) in [5, 5.41) is 11.7. The van der Waals surface area contributed by atoms with Crippen molar-refractivity contribution in [1.82, 2.24) is 10.2 Å². The summed E-state index contributed by atoms with van der Waals surface area (Å²) in [6, 6.07) is 7.64. The first-order valence-corrected chi connectivity index (χ1v) is 8.35. The van der Waals surface area contributed by atoms with Gasteiger partial charge in [-0.25, -0.2) is 0 Å². The average Bonchev–Trinajstić information content (AvgIpc) is 3.27. The first kappa shape index (κ1) is 14.6. The number of amides is 1. The van der Waals surface area contributed by atoms with E-state index in [1.54, 1.807) is 0 Å². The van der Waals surface area contributed by atoms with Crippen molar-refractivity contribution in [3.8, 4) is 0 Å². The molecule has 0 aliphatic carbocycles. The number of nitrogens with one attached hydrogen (secondary N) is 1. The molecule has 1 fully saturated rings. The number of anilines is 1. The van der Waals surface area contributed by atoms with Crippen LogP contribution in [0.15, 0.2) is 28.7 Å². The Morgan fingerprint density at radius 3 is 3.00 bits per heavy atom. The topological polar surface area (TPSA) is 77.2 Å². The molecular weight excluding hydrogens is 338 g/mol. The molecule has 0 spiro atoms. The van der Waals surface area contributed by atoms with E-state index in [2.05, 4.69) is 15.5 Å². The predicted molar refractivity (Wildman–Crippen MR) is 87.0 cm³/mol. The van der Waals surface area contributed by atoms with E-state index in [1.165, 1.54) is 11.3 Å². The van der Waals surface area contributed by atoms with E-state index in [4.69, 9.17) is 20.8 Å². The van der Waals surface area contributed by atoms with Gasteiger partial charge in [-0.05, 0) is 18.9 Å². The summed E-state index contributed by atoms with van der Waals surface area (Å²) >= 11 is 7.61. The van der Waals surface area contributed by atoms with E-state index < -0.39 is 0 Å². The third-order valence-corrected chi connectivity index (χ3v) is 5.28. The van der Waals surface area contributed by atoms with Gasteiger partial charge in [-0.1, -0.05) is 34.9 Å². The van der Waals surface area contributed by atoms with Crippen LogP contribution in [0.2, 0.25) is 5.02 Å². The van der Waals surface area contributed by atoms with Crippen LogP contribution in [-0.4, -0.2) is 22.7 Å². The lowest BCUT2D eigenvalue weighted by atomic mass is 10.2. The molecule has 8 heteroatoms. The maximum absolute atomic E-state index is 12.4. The summed E-state index contributed by atoms with van der Waals surface area (Å²) in [6.45, 7) is 0.687. The molecule has 3 aromatic rings. The molecule has 1 N–H and O–H groups in total. The number of carbonyl (C=O) groups excluding carboxylic acids is 1. The highest BCUT2D eigenvalue weighted by molar-refractivity contribution is 7.21. The van der Waals surface area contributed by atoms with Gasteiger partial charge in [0, 0.05) is 16.7 Å². The van der Waals surface area contributed by atoms with Crippen LogP contribution < -0.4 is 5.32 Å². The third kappa shape index (κ3) is 2.71. The summed E-state index contributed by atoms with van der Waals surface area (Å²) in [5.74, 6) is 0.0268. The number of nitrogens with zero attached hydrogens (tertiary/aromatic N) is 2. The van der Waals surface area contributed by atoms with Crippen molar-refractivity contribution in [3.63, 3.8) is 0 Å². The average molecular weight is 350 g/mol. The van der Waals surface area contributed by atoms with Crippen LogP contribution in [0.1, 0.15) is 34.5 Å². The third-order valence-electron chi connectivity index (χ3n) is 3.61. The van der Waals surface area contributed by atoms with Crippen LogP contribution in [0.5, 0.6) is 0 Å². The molecule has 4 rings (SSSR count). The summed E-state index contributed by atoms with van der Waals surface area (Å²) in [5.41, 5.74) is 0. The Balaban J connectivity index is 1.56. The number of thiophene rings is 1. The van der Waals surface area contributed by atoms with Crippen LogP contribution >= 0.6 is 22.9 Å². The zero-order chi connectivity index (χ0) is 15.8. The van der Waals surface area contributed by atoms with Gasteiger partial charge in [-0.3, -0.25) is 10.1 Å². The number of halogens is 1. The van der Waals surface area contributed by atoms with Gasteiger partial charge in [0.1, 0.15) is 11.0 Å². The second kappa shape index (κ2) is 5.92. The Bertz CT molecular complexity index is 870. The van der Waals surface area contributed by atoms with E-state index in [-0.39, 0.29) is 18.0 Å². The number of aromatic nitrogens is 2. The highest BCUT2D eigenvalue weighted by Crippen LogP contribution is 2.35. The zero-order valence-corrected chi connectivity index (χ0v) is 13.5. The quantitative estimate of drug-likeness (QED) is 0.772. The molecule has 23 heavy (non-hydrogen) atoms. The molecule has 1 atom stereocenters. The van der Waals surface area contributed by atoms with Gasteiger partial charge in [0.05, 0.1) is 5.02 Å². The Morgan fingerprint density at radius 2 is 2.22 bits per heavy atom. The smallest absolute Gasteiger partial charge is 0.322 e. The van der Waals surface area contributed by atoms with Crippen LogP contribution in [-0.2, 0) is 4.74 Å². The minimum Gasteiger partial charge on any atom is -0.405 e. The van der Waals surface area contributed by atoms with Crippen molar-refractivity contribution in [2.24, 2.45) is 0 Å². The zero-order valence-electron chi connectivity index (χ0n) is 11.9. The van der Waals surface area contributed by atoms with Crippen molar-refractivity contribution in [3.05, 3.63) is 40.1 Å². The normalized spacial score (nSPS) is 17.7. The highest BCUT2D eigenvalue weighted by Gasteiger charge is 2.25. The number of carbonyl (C=O) groups is 1. The second-order valence-electron chi connectivity index (χ2n) is 5.14. The molecule has 1 saturated heterocycles. The summed E-state index contributed by atoms with van der Waals surface area (Å²) in [4.78, 5) is 12.8. The lowest BCUT2D eigenvalue weighted by Crippen LogP contribution is -2.10. The lowest BCUT2D eigenvalue weighted by Gasteiger charge is -2.02. The molecule has 118 valence electrons. The standard InChI is InChI=1S/C15H12ClN3O3S/c16-11-8-4-1-2-6-10(8)23-12(11)13(20)17-15-19-18-14(22-15)9-5-3-7-21-9/h1-2,4,6,9H,3,5,7H2,(H,17,19,20)/t9-/m1/s1. The number of hydrogen-bond donors (Lipinski definition) is 1. The maximum Gasteiger partial charge on any atom is 0.322 e. The molecule has 1 aliphatic heterocycles. The van der Waals surface area contributed by atoms with Gasteiger partial charge in [-0.15, -0.1) is 16.4 Å². The van der Waals surface area contributed by atoms with E-state index in [0.29, 0.717) is 22.4 Å². The number of ether oxygens (including phenoxy) is 1. The Hall–Kier alpha value is -1.96. The Kier molecular flexibility index (Phi) is 3.76. The van der Waals surface area contributed by atoms with E-state index >= 15 is 0 Å². The lowest BCUT2D eigenvalue weighted by molar-refractivity contribution is 0.0893. The van der Waals surface area contributed by atoms with Crippen LogP contribution in [0.25, 0.3) is 10.1 Å². The van der Waals surface area contributed by atoms with Crippen molar-refractivity contribution in [1.29, 1.82) is 0 Å². The first-order chi connectivity index (χ1) is 11.2. The Labute approximate surface area is 140 Å². The molecule has 1 aromatic carbocycles. The number of hydrogen-bond acceptors (Lipinski definition) is 6. The fourth-order valence-electron chi connectivity index (χ4n) is 2.50. The second-order valence-corrected chi connectivity index (χ2v) is 6.57. The van der Waals surface area contributed by atoms with Crippen LogP contribution in [0, 0.1) is 0 Å². The molecule has 0 saturated carbocycles. The van der Waals surface area contributed by atoms with Gasteiger partial charge in [0.25, 0.3) is 5.91 Å². The number of benzene rings is 1. The van der Waals surface area contributed by atoms with Gasteiger partial charge in [0.2, 0.25) is 5.89 Å². The minimum atomic E-state index is -0.362. The van der Waals surface area contributed by atoms with Crippen molar-refractivity contribution in [2.45, 2.75) is 18.9 Å². The largest absolute Gasteiger partial charge is 0.405 e. The van der Waals surface area contributed by atoms with Crippen molar-refractivity contribution >= 4 is 44.9 Å². The van der Waals surface area contributed by atoms with Gasteiger partial charge < -0.3 is 9.15 Å². The maximum atomic E-state index is 12.4. The van der Waals surface area contributed by atoms with Gasteiger partial charge in [0.15, 0.2) is 0 Å². The molecule has 3 heterocycles. The number of rotatable bonds is 3. The molecule has 6 nitrogen and oxygen atoms in total. The van der Waals surface area contributed by atoms with Crippen molar-refractivity contribution in [2.75, 3.05) is 11.9 Å². The molecule has 1 aliphatic rings. The van der Waals surface area contributed by atoms with E-state index in [9.17, 15) is 4.79 Å². The molecule has 0 unspecified atom stereocenters. The molecule has 1 amide bonds. The van der Waals surface area contributed by atoms with E-state index in [0.717, 1.165) is 22.9 Å². The fraction of sp³-hybridized carbons (Fsp3) is 0.267. The SMILES string of the molecule is O=C(Nc1nnc([C@H]2CCCO2)o1)c1sc2ccccc2c1Cl. The van der Waals surface area contributed by atoms with Crippen molar-refractivity contribution < 1.29 is 13.9 Å². The predicted octanol–water partition coefficient (Wildman–Crippen LogP) is 4.04. The molecular formula is C15H12ClN3O3S. The van der Waals surface area contributed by atoms with Crippen LogP contribution in [0.4, 0.5) is 6.01 Å². The highest BCUT2D eigenvalue weighted by atomic mass is 35.5. The monoisotopic (exact) mass is 349 g/mol. The molecule has 2 aromatic heterocycles. The first-order valence-electron chi connectivity index (χ1n) is 7.16. The fourth-order valence-corrected chi connectivity index (χ4v) is 3.91. The summed E-state index contributed by atoms with van der Waals surface area (Å²) in [7, 11) is 0. The summed E-state index contributed by atoms with van der Waals surface area (Å²) < 4.78 is 11.9. The Morgan fingerprint density at radius 1 is 1.35 bits per heavy atom. The molecule has 0 radical (unpaired) electrons. The van der Waals surface area contributed by atoms with E-state index in [1.807, 2.05) is 24.3 Å². The van der Waals surface area contributed by atoms with Crippen LogP contribution in [0.3, 0.4) is 0 Å². The number of fused-ring (bicyclic) bond motifs is 1.